The molecule has 0 aliphatic carbocycles. The highest BCUT2D eigenvalue weighted by molar-refractivity contribution is 7.10. The first-order valence-electron chi connectivity index (χ1n) is 10.8. The van der Waals surface area contributed by atoms with Crippen molar-refractivity contribution in [1.29, 1.82) is 0 Å². The Morgan fingerprint density at radius 3 is 2.44 bits per heavy atom. The number of aliphatic hydroxyl groups excluding tert-OH is 1. The second-order valence-electron chi connectivity index (χ2n) is 8.06. The zero-order valence-corrected chi connectivity index (χ0v) is 19.7. The van der Waals surface area contributed by atoms with Crippen LogP contribution in [0.5, 0.6) is 5.75 Å². The first-order chi connectivity index (χ1) is 16.2. The Bertz CT molecular complexity index is 1310. The Morgan fingerprint density at radius 1 is 1.06 bits per heavy atom. The van der Waals surface area contributed by atoms with Crippen molar-refractivity contribution in [3.63, 3.8) is 0 Å². The maximum Gasteiger partial charge on any atom is 0.300 e. The summed E-state index contributed by atoms with van der Waals surface area (Å²) in [5.74, 6) is -3.71. The van der Waals surface area contributed by atoms with Crippen LogP contribution in [0.4, 0.5) is 14.5 Å². The molecule has 1 atom stereocenters. The summed E-state index contributed by atoms with van der Waals surface area (Å²) < 4.78 is 33.3. The van der Waals surface area contributed by atoms with Gasteiger partial charge in [-0.05, 0) is 73.2 Å². The monoisotopic (exact) mass is 483 g/mol. The summed E-state index contributed by atoms with van der Waals surface area (Å²) in [4.78, 5) is 28.0. The molecule has 4 rings (SSSR count). The SMILES string of the molecule is CCCOc1ccc(/C(O)=C2/C(=O)C(=O)N(c3ccc(F)c(F)c3)C2c2sccc2C)cc1C. The molecule has 1 amide bonds. The zero-order valence-electron chi connectivity index (χ0n) is 18.9. The number of Topliss-reactive ketones (excluding diaryl/α,β-unsaturated/α-hetero) is 1. The predicted molar refractivity (Wildman–Crippen MR) is 127 cm³/mol. The fraction of sp³-hybridized carbons (Fsp3) is 0.231. The van der Waals surface area contributed by atoms with Gasteiger partial charge in [-0.1, -0.05) is 6.92 Å². The number of ketones is 1. The third-order valence-corrected chi connectivity index (χ3v) is 6.76. The zero-order chi connectivity index (χ0) is 24.6. The topological polar surface area (TPSA) is 66.8 Å². The average Bonchev–Trinajstić information content (AvgIpc) is 3.34. The highest BCUT2D eigenvalue weighted by Gasteiger charge is 2.48. The van der Waals surface area contributed by atoms with Gasteiger partial charge in [-0.2, -0.15) is 0 Å². The van der Waals surface area contributed by atoms with E-state index in [2.05, 4.69) is 0 Å². The molecule has 1 saturated heterocycles. The predicted octanol–water partition coefficient (Wildman–Crippen LogP) is 6.06. The maximum atomic E-state index is 14.0. The molecule has 3 aromatic rings. The number of aliphatic hydroxyl groups is 1. The van der Waals surface area contributed by atoms with Crippen molar-refractivity contribution in [3.8, 4) is 5.75 Å². The summed E-state index contributed by atoms with van der Waals surface area (Å²) in [5.41, 5.74) is 1.83. The van der Waals surface area contributed by atoms with Gasteiger partial charge in [-0.25, -0.2) is 8.78 Å². The first kappa shape index (κ1) is 23.6. The summed E-state index contributed by atoms with van der Waals surface area (Å²) in [6, 6.07) is 8.87. The number of amides is 1. The molecule has 176 valence electrons. The molecule has 1 aliphatic rings. The minimum atomic E-state index is -1.14. The van der Waals surface area contributed by atoms with E-state index < -0.39 is 29.4 Å². The van der Waals surface area contributed by atoms with Crippen molar-refractivity contribution in [3.05, 3.63) is 86.6 Å². The van der Waals surface area contributed by atoms with Crippen LogP contribution in [-0.4, -0.2) is 23.4 Å². The van der Waals surface area contributed by atoms with Crippen LogP contribution < -0.4 is 9.64 Å². The van der Waals surface area contributed by atoms with Gasteiger partial charge in [0.25, 0.3) is 11.7 Å². The minimum Gasteiger partial charge on any atom is -0.507 e. The molecule has 2 aromatic carbocycles. The molecule has 1 fully saturated rings. The van der Waals surface area contributed by atoms with Crippen molar-refractivity contribution in [2.45, 2.75) is 33.2 Å². The van der Waals surface area contributed by atoms with Gasteiger partial charge in [0.1, 0.15) is 17.6 Å². The van der Waals surface area contributed by atoms with Crippen LogP contribution in [0.15, 0.2) is 53.4 Å². The number of hydrogen-bond donors (Lipinski definition) is 1. The van der Waals surface area contributed by atoms with Crippen molar-refractivity contribution in [2.24, 2.45) is 0 Å². The maximum absolute atomic E-state index is 14.0. The average molecular weight is 484 g/mol. The lowest BCUT2D eigenvalue weighted by molar-refractivity contribution is -0.132. The molecular formula is C26H23F2NO4S. The standard InChI is InChI=1S/C26H23F2NO4S/c1-4-10-33-20-8-5-16(12-15(20)3)23(30)21-22(25-14(2)9-11-34-25)29(26(32)24(21)31)17-6-7-18(27)19(28)13-17/h5-9,11-13,22,30H,4,10H2,1-3H3/b23-21-. The third-order valence-electron chi connectivity index (χ3n) is 5.69. The van der Waals surface area contributed by atoms with E-state index >= 15 is 0 Å². The highest BCUT2D eigenvalue weighted by Crippen LogP contribution is 2.45. The molecule has 5 nitrogen and oxygen atoms in total. The molecule has 1 aliphatic heterocycles. The number of thiophene rings is 1. The summed E-state index contributed by atoms with van der Waals surface area (Å²) in [6.45, 7) is 6.18. The molecular weight excluding hydrogens is 460 g/mol. The van der Waals surface area contributed by atoms with Crippen molar-refractivity contribution < 1.29 is 28.2 Å². The van der Waals surface area contributed by atoms with E-state index in [-0.39, 0.29) is 17.0 Å². The lowest BCUT2D eigenvalue weighted by atomic mass is 9.97. The van der Waals surface area contributed by atoms with E-state index in [9.17, 15) is 23.5 Å². The second kappa shape index (κ2) is 9.38. The van der Waals surface area contributed by atoms with Crippen LogP contribution in [0.25, 0.3) is 5.76 Å². The van der Waals surface area contributed by atoms with Crippen LogP contribution >= 0.6 is 11.3 Å². The van der Waals surface area contributed by atoms with Gasteiger partial charge in [0.2, 0.25) is 0 Å². The third kappa shape index (κ3) is 4.09. The normalized spacial score (nSPS) is 17.4. The van der Waals surface area contributed by atoms with Gasteiger partial charge in [0, 0.05) is 22.2 Å². The number of carbonyl (C=O) groups is 2. The lowest BCUT2D eigenvalue weighted by Gasteiger charge is -2.25. The number of rotatable bonds is 6. The molecule has 1 aromatic heterocycles. The summed E-state index contributed by atoms with van der Waals surface area (Å²) in [5, 5.41) is 13.0. The summed E-state index contributed by atoms with van der Waals surface area (Å²) in [7, 11) is 0. The Kier molecular flexibility index (Phi) is 6.52. The van der Waals surface area contributed by atoms with Crippen molar-refractivity contribution in [2.75, 3.05) is 11.5 Å². The number of hydrogen-bond acceptors (Lipinski definition) is 5. The molecule has 34 heavy (non-hydrogen) atoms. The van der Waals surface area contributed by atoms with E-state index in [1.165, 1.54) is 17.4 Å². The summed E-state index contributed by atoms with van der Waals surface area (Å²) >= 11 is 1.31. The van der Waals surface area contributed by atoms with Gasteiger partial charge in [0.15, 0.2) is 11.6 Å². The fourth-order valence-electron chi connectivity index (χ4n) is 3.97. The van der Waals surface area contributed by atoms with Crippen molar-refractivity contribution in [1.82, 2.24) is 0 Å². The molecule has 1 N–H and O–H groups in total. The fourth-order valence-corrected chi connectivity index (χ4v) is 5.00. The molecule has 2 heterocycles. The number of halogens is 2. The molecule has 0 bridgehead atoms. The first-order valence-corrected chi connectivity index (χ1v) is 11.7. The number of carbonyl (C=O) groups excluding carboxylic acids is 2. The highest BCUT2D eigenvalue weighted by atomic mass is 32.1. The van der Waals surface area contributed by atoms with Crippen LogP contribution in [0, 0.1) is 25.5 Å². The van der Waals surface area contributed by atoms with Crippen LogP contribution in [0.2, 0.25) is 0 Å². The smallest absolute Gasteiger partial charge is 0.300 e. The van der Waals surface area contributed by atoms with Crippen LogP contribution in [0.3, 0.4) is 0 Å². The van der Waals surface area contributed by atoms with Gasteiger partial charge < -0.3 is 9.84 Å². The number of ether oxygens (including phenoxy) is 1. The van der Waals surface area contributed by atoms with E-state index in [0.717, 1.165) is 34.6 Å². The van der Waals surface area contributed by atoms with Crippen LogP contribution in [0.1, 0.15) is 41.0 Å². The Morgan fingerprint density at radius 2 is 1.82 bits per heavy atom. The Balaban J connectivity index is 1.88. The molecule has 8 heteroatoms. The molecule has 0 spiro atoms. The number of aryl methyl sites for hydroxylation is 2. The van der Waals surface area contributed by atoms with Crippen LogP contribution in [-0.2, 0) is 9.59 Å². The number of benzene rings is 2. The van der Waals surface area contributed by atoms with E-state index in [4.69, 9.17) is 4.74 Å². The number of anilines is 1. The Labute approximate surface area is 199 Å². The summed E-state index contributed by atoms with van der Waals surface area (Å²) in [6.07, 6.45) is 0.842. The van der Waals surface area contributed by atoms with Gasteiger partial charge >= 0.3 is 0 Å². The lowest BCUT2D eigenvalue weighted by Crippen LogP contribution is -2.29. The second-order valence-corrected chi connectivity index (χ2v) is 9.01. The molecule has 0 radical (unpaired) electrons. The van der Waals surface area contributed by atoms with Gasteiger partial charge in [-0.3, -0.25) is 14.5 Å². The molecule has 0 saturated carbocycles. The number of nitrogens with zero attached hydrogens (tertiary/aromatic N) is 1. The minimum absolute atomic E-state index is 0.0253. The van der Waals surface area contributed by atoms with E-state index in [0.29, 0.717) is 22.8 Å². The van der Waals surface area contributed by atoms with E-state index in [1.807, 2.05) is 26.8 Å². The van der Waals surface area contributed by atoms with Gasteiger partial charge in [0.05, 0.1) is 12.2 Å². The largest absolute Gasteiger partial charge is 0.507 e. The van der Waals surface area contributed by atoms with Crippen molar-refractivity contribution >= 4 is 34.5 Å². The van der Waals surface area contributed by atoms with E-state index in [1.54, 1.807) is 23.6 Å². The molecule has 1 unspecified atom stereocenters. The van der Waals surface area contributed by atoms with Gasteiger partial charge in [-0.15, -0.1) is 11.3 Å². The quantitative estimate of drug-likeness (QED) is 0.263. The Hall–Kier alpha value is -3.52.